The number of rotatable bonds is 5. The van der Waals surface area contributed by atoms with Crippen LogP contribution in [0.2, 0.25) is 0 Å². The maximum absolute atomic E-state index is 12.7. The van der Waals surface area contributed by atoms with Crippen LogP contribution in [0.25, 0.3) is 0 Å². The van der Waals surface area contributed by atoms with Crippen LogP contribution >= 0.6 is 0 Å². The van der Waals surface area contributed by atoms with E-state index in [1.807, 2.05) is 7.05 Å². The summed E-state index contributed by atoms with van der Waals surface area (Å²) in [5.41, 5.74) is 0.421. The predicted octanol–water partition coefficient (Wildman–Crippen LogP) is 2.64. The monoisotopic (exact) mass is 338 g/mol. The molecule has 0 saturated heterocycles. The summed E-state index contributed by atoms with van der Waals surface area (Å²) in [5, 5.41) is 0. The number of carbonyl (C=O) groups excluding carboxylic acids is 1. The molecule has 0 aliphatic heterocycles. The summed E-state index contributed by atoms with van der Waals surface area (Å²) in [7, 11) is -1.73. The molecule has 1 aliphatic carbocycles. The molecule has 1 saturated carbocycles. The Bertz CT molecular complexity index is 650. The molecule has 1 aliphatic rings. The Morgan fingerprint density at radius 3 is 2.52 bits per heavy atom. The van der Waals surface area contributed by atoms with Gasteiger partial charge in [0.1, 0.15) is 0 Å². The molecule has 6 heteroatoms. The number of hydrogen-bond acceptors (Lipinski definition) is 3. The minimum atomic E-state index is -3.54. The average Bonchev–Trinajstić information content (AvgIpc) is 2.54. The highest BCUT2D eigenvalue weighted by atomic mass is 32.2. The molecule has 1 aromatic rings. The standard InChI is InChI=1S/C17H26N2O3S/c1-4-18-23(21,22)16-7-5-6-14(12-16)17(20)19(3)15-10-8-13(2)9-11-15/h5-7,12-13,15,18H,4,8-11H2,1-3H3. The number of amides is 1. The van der Waals surface area contributed by atoms with Gasteiger partial charge >= 0.3 is 0 Å². The van der Waals surface area contributed by atoms with E-state index in [1.165, 1.54) is 12.1 Å². The van der Waals surface area contributed by atoms with Crippen LogP contribution < -0.4 is 4.72 Å². The van der Waals surface area contributed by atoms with Crippen LogP contribution in [0.15, 0.2) is 29.2 Å². The molecular formula is C17H26N2O3S. The quantitative estimate of drug-likeness (QED) is 0.897. The molecule has 0 atom stereocenters. The first-order chi connectivity index (χ1) is 10.8. The average molecular weight is 338 g/mol. The third kappa shape index (κ3) is 4.32. The lowest BCUT2D eigenvalue weighted by atomic mass is 9.86. The lowest BCUT2D eigenvalue weighted by Gasteiger charge is -2.33. The van der Waals surface area contributed by atoms with Crippen LogP contribution in [-0.2, 0) is 10.0 Å². The Hall–Kier alpha value is -1.40. The first kappa shape index (κ1) is 17.9. The molecule has 1 fully saturated rings. The SMILES string of the molecule is CCNS(=O)(=O)c1cccc(C(=O)N(C)C2CCC(C)CC2)c1. The molecular weight excluding hydrogens is 312 g/mol. The van der Waals surface area contributed by atoms with Gasteiger partial charge in [-0.2, -0.15) is 0 Å². The molecule has 0 bridgehead atoms. The Morgan fingerprint density at radius 2 is 1.91 bits per heavy atom. The molecule has 0 spiro atoms. The lowest BCUT2D eigenvalue weighted by Crippen LogP contribution is -2.39. The van der Waals surface area contributed by atoms with Crippen molar-refractivity contribution in [3.05, 3.63) is 29.8 Å². The summed E-state index contributed by atoms with van der Waals surface area (Å²) in [6, 6.07) is 6.51. The van der Waals surface area contributed by atoms with Gasteiger partial charge in [-0.05, 0) is 49.8 Å². The van der Waals surface area contributed by atoms with E-state index in [1.54, 1.807) is 24.0 Å². The van der Waals surface area contributed by atoms with Crippen LogP contribution in [-0.4, -0.2) is 38.9 Å². The summed E-state index contributed by atoms with van der Waals surface area (Å²) in [6.07, 6.45) is 4.30. The van der Waals surface area contributed by atoms with Crippen LogP contribution in [0.3, 0.4) is 0 Å². The van der Waals surface area contributed by atoms with E-state index in [-0.39, 0.29) is 16.8 Å². The molecule has 0 radical (unpaired) electrons. The molecule has 1 aromatic carbocycles. The Balaban J connectivity index is 2.16. The molecule has 1 amide bonds. The zero-order valence-electron chi connectivity index (χ0n) is 14.1. The fourth-order valence-corrected chi connectivity index (χ4v) is 4.16. The summed E-state index contributed by atoms with van der Waals surface area (Å²) in [4.78, 5) is 14.6. The summed E-state index contributed by atoms with van der Waals surface area (Å²) >= 11 is 0. The lowest BCUT2D eigenvalue weighted by molar-refractivity contribution is 0.0679. The topological polar surface area (TPSA) is 66.5 Å². The molecule has 5 nitrogen and oxygen atoms in total. The maximum Gasteiger partial charge on any atom is 0.253 e. The van der Waals surface area contributed by atoms with E-state index in [2.05, 4.69) is 11.6 Å². The second-order valence-corrected chi connectivity index (χ2v) is 8.13. The fraction of sp³-hybridized carbons (Fsp3) is 0.588. The highest BCUT2D eigenvalue weighted by molar-refractivity contribution is 7.89. The van der Waals surface area contributed by atoms with Crippen molar-refractivity contribution in [3.8, 4) is 0 Å². The summed E-state index contributed by atoms with van der Waals surface area (Å²) in [5.74, 6) is 0.612. The van der Waals surface area contributed by atoms with Crippen LogP contribution in [0, 0.1) is 5.92 Å². The van der Waals surface area contributed by atoms with Crippen molar-refractivity contribution in [3.63, 3.8) is 0 Å². The van der Waals surface area contributed by atoms with Crippen molar-refractivity contribution in [2.45, 2.75) is 50.5 Å². The first-order valence-corrected chi connectivity index (χ1v) is 9.70. The van der Waals surface area contributed by atoms with E-state index in [0.717, 1.165) is 31.6 Å². The van der Waals surface area contributed by atoms with Gasteiger partial charge in [0.05, 0.1) is 4.90 Å². The van der Waals surface area contributed by atoms with E-state index >= 15 is 0 Å². The third-order valence-electron chi connectivity index (χ3n) is 4.58. The summed E-state index contributed by atoms with van der Waals surface area (Å²) < 4.78 is 26.6. The second kappa shape index (κ2) is 7.45. The van der Waals surface area contributed by atoms with E-state index in [9.17, 15) is 13.2 Å². The van der Waals surface area contributed by atoms with Crippen LogP contribution in [0.5, 0.6) is 0 Å². The molecule has 2 rings (SSSR count). The number of nitrogens with one attached hydrogen (secondary N) is 1. The van der Waals surface area contributed by atoms with Gasteiger partial charge in [-0.3, -0.25) is 4.79 Å². The van der Waals surface area contributed by atoms with Gasteiger partial charge in [0.15, 0.2) is 0 Å². The Labute approximate surface area is 139 Å². The highest BCUT2D eigenvalue weighted by Gasteiger charge is 2.26. The Morgan fingerprint density at radius 1 is 1.26 bits per heavy atom. The molecule has 0 aromatic heterocycles. The summed E-state index contributed by atoms with van der Waals surface area (Å²) in [6.45, 7) is 4.29. The van der Waals surface area contributed by atoms with Gasteiger partial charge in [0.2, 0.25) is 10.0 Å². The minimum absolute atomic E-state index is 0.113. The van der Waals surface area contributed by atoms with Crippen molar-refractivity contribution in [2.24, 2.45) is 5.92 Å². The third-order valence-corrected chi connectivity index (χ3v) is 6.12. The Kier molecular flexibility index (Phi) is 5.81. The molecule has 128 valence electrons. The van der Waals surface area contributed by atoms with Gasteiger partial charge in [-0.25, -0.2) is 13.1 Å². The number of nitrogens with zero attached hydrogens (tertiary/aromatic N) is 1. The number of hydrogen-bond donors (Lipinski definition) is 1. The van der Waals surface area contributed by atoms with Crippen molar-refractivity contribution < 1.29 is 13.2 Å². The number of carbonyl (C=O) groups is 1. The largest absolute Gasteiger partial charge is 0.339 e. The number of sulfonamides is 1. The molecule has 1 N–H and O–H groups in total. The minimum Gasteiger partial charge on any atom is -0.339 e. The van der Waals surface area contributed by atoms with Crippen molar-refractivity contribution in [2.75, 3.05) is 13.6 Å². The van der Waals surface area contributed by atoms with E-state index in [0.29, 0.717) is 12.1 Å². The van der Waals surface area contributed by atoms with Gasteiger partial charge in [0, 0.05) is 25.2 Å². The maximum atomic E-state index is 12.7. The van der Waals surface area contributed by atoms with E-state index < -0.39 is 10.0 Å². The first-order valence-electron chi connectivity index (χ1n) is 8.22. The van der Waals surface area contributed by atoms with Gasteiger partial charge in [0.25, 0.3) is 5.91 Å². The predicted molar refractivity (Wildman–Crippen MR) is 90.8 cm³/mol. The smallest absolute Gasteiger partial charge is 0.253 e. The van der Waals surface area contributed by atoms with E-state index in [4.69, 9.17) is 0 Å². The van der Waals surface area contributed by atoms with Gasteiger partial charge in [-0.1, -0.05) is 19.9 Å². The highest BCUT2D eigenvalue weighted by Crippen LogP contribution is 2.27. The fourth-order valence-electron chi connectivity index (χ4n) is 3.07. The molecule has 0 unspecified atom stereocenters. The van der Waals surface area contributed by atoms with Crippen LogP contribution in [0.4, 0.5) is 0 Å². The zero-order chi connectivity index (χ0) is 17.0. The van der Waals surface area contributed by atoms with Crippen molar-refractivity contribution >= 4 is 15.9 Å². The van der Waals surface area contributed by atoms with Crippen molar-refractivity contribution in [1.29, 1.82) is 0 Å². The van der Waals surface area contributed by atoms with Crippen molar-refractivity contribution in [1.82, 2.24) is 9.62 Å². The molecule has 0 heterocycles. The van der Waals surface area contributed by atoms with Gasteiger partial charge in [-0.15, -0.1) is 0 Å². The second-order valence-electron chi connectivity index (χ2n) is 6.36. The van der Waals surface area contributed by atoms with Crippen LogP contribution in [0.1, 0.15) is 49.9 Å². The normalized spacial score (nSPS) is 21.9. The molecule has 23 heavy (non-hydrogen) atoms. The zero-order valence-corrected chi connectivity index (χ0v) is 14.9. The van der Waals surface area contributed by atoms with Gasteiger partial charge < -0.3 is 4.90 Å². The number of benzene rings is 1.